The molecule has 0 fully saturated rings. The van der Waals surface area contributed by atoms with Crippen LogP contribution in [0, 0.1) is 13.8 Å². The first-order chi connectivity index (χ1) is 14.8. The summed E-state index contributed by atoms with van der Waals surface area (Å²) in [6.45, 7) is 4.12. The summed E-state index contributed by atoms with van der Waals surface area (Å²) in [6.07, 6.45) is 2.92. The molecule has 0 saturated heterocycles. The topological polar surface area (TPSA) is 109 Å². The zero-order chi connectivity index (χ0) is 22.0. The van der Waals surface area contributed by atoms with E-state index >= 15 is 0 Å². The Balaban J connectivity index is 1.42. The molecule has 0 atom stereocenters. The van der Waals surface area contributed by atoms with Gasteiger partial charge in [-0.2, -0.15) is 0 Å². The molecule has 0 amide bonds. The van der Waals surface area contributed by atoms with E-state index in [4.69, 9.17) is 12.2 Å². The number of hydrogen-bond donors (Lipinski definition) is 3. The van der Waals surface area contributed by atoms with Crippen LogP contribution in [-0.2, 0) is 10.0 Å². The molecule has 2 aromatic heterocycles. The molecule has 0 aliphatic carbocycles. The summed E-state index contributed by atoms with van der Waals surface area (Å²) >= 11 is 6.88. The third-order valence-electron chi connectivity index (χ3n) is 4.44. The summed E-state index contributed by atoms with van der Waals surface area (Å²) in [5, 5.41) is 7.15. The zero-order valence-electron chi connectivity index (χ0n) is 16.6. The Labute approximate surface area is 188 Å². The molecule has 4 rings (SSSR count). The Morgan fingerprint density at radius 3 is 2.39 bits per heavy atom. The predicted octanol–water partition coefficient (Wildman–Crippen LogP) is 4.31. The van der Waals surface area contributed by atoms with Gasteiger partial charge in [0.05, 0.1) is 15.1 Å². The number of aromatic nitrogens is 3. The van der Waals surface area contributed by atoms with Gasteiger partial charge in [-0.25, -0.2) is 28.1 Å². The van der Waals surface area contributed by atoms with E-state index in [1.807, 2.05) is 0 Å². The lowest BCUT2D eigenvalue weighted by atomic mass is 10.1. The van der Waals surface area contributed by atoms with Crippen molar-refractivity contribution in [2.45, 2.75) is 18.7 Å². The number of anilines is 3. The van der Waals surface area contributed by atoms with Crippen LogP contribution in [0.1, 0.15) is 11.1 Å². The van der Waals surface area contributed by atoms with E-state index in [9.17, 15) is 8.42 Å². The molecule has 2 aromatic carbocycles. The van der Waals surface area contributed by atoms with E-state index in [0.717, 1.165) is 10.2 Å². The van der Waals surface area contributed by atoms with Crippen LogP contribution in [0.15, 0.2) is 59.8 Å². The molecule has 0 aliphatic rings. The van der Waals surface area contributed by atoms with Crippen LogP contribution >= 0.6 is 23.6 Å². The van der Waals surface area contributed by atoms with Crippen LogP contribution in [0.4, 0.5) is 16.8 Å². The maximum absolute atomic E-state index is 12.5. The second-order valence-electron chi connectivity index (χ2n) is 6.70. The number of nitrogens with one attached hydrogen (secondary N) is 3. The maximum atomic E-state index is 12.5. The largest absolute Gasteiger partial charge is 0.332 e. The number of hydrogen-bond acceptors (Lipinski definition) is 7. The van der Waals surface area contributed by atoms with E-state index in [1.165, 1.54) is 47.0 Å². The van der Waals surface area contributed by atoms with Crippen molar-refractivity contribution in [1.29, 1.82) is 0 Å². The molecule has 0 unspecified atom stereocenters. The number of thiocarbonyl (C=S) groups is 1. The molecule has 3 N–H and O–H groups in total. The minimum absolute atomic E-state index is 0.0105. The molecule has 0 spiro atoms. The fourth-order valence-electron chi connectivity index (χ4n) is 2.74. The summed E-state index contributed by atoms with van der Waals surface area (Å²) in [7, 11) is -3.79. The van der Waals surface area contributed by atoms with Crippen molar-refractivity contribution in [3.8, 4) is 0 Å². The Hall–Kier alpha value is -3.15. The standard InChI is InChI=1S/C20H18N6O2S3/c1-12-10-16-17(11-13(12)2)30-20(24-16)25-19(29)23-14-4-6-15(7-5-14)31(27,28)26-18-21-8-3-9-22-18/h3-11H,1-2H3,(H,21,22,26)(H2,23,24,25,29). The molecular weight excluding hydrogens is 452 g/mol. The lowest BCUT2D eigenvalue weighted by molar-refractivity contribution is 0.601. The van der Waals surface area contributed by atoms with Gasteiger partial charge in [0.25, 0.3) is 10.0 Å². The van der Waals surface area contributed by atoms with E-state index in [2.05, 4.69) is 56.3 Å². The number of benzene rings is 2. The molecule has 0 radical (unpaired) electrons. The van der Waals surface area contributed by atoms with Crippen molar-refractivity contribution < 1.29 is 8.42 Å². The second kappa shape index (κ2) is 8.53. The normalized spacial score (nSPS) is 11.3. The lowest BCUT2D eigenvalue weighted by Crippen LogP contribution is -2.19. The quantitative estimate of drug-likeness (QED) is 0.370. The molecule has 8 nitrogen and oxygen atoms in total. The highest BCUT2D eigenvalue weighted by Gasteiger charge is 2.15. The number of fused-ring (bicyclic) bond motifs is 1. The Morgan fingerprint density at radius 2 is 1.68 bits per heavy atom. The van der Waals surface area contributed by atoms with Gasteiger partial charge >= 0.3 is 0 Å². The third-order valence-corrected chi connectivity index (χ3v) is 6.92. The molecule has 0 aliphatic heterocycles. The number of rotatable bonds is 5. The Kier molecular flexibility index (Phi) is 5.81. The van der Waals surface area contributed by atoms with E-state index in [-0.39, 0.29) is 10.8 Å². The number of sulfonamides is 1. The summed E-state index contributed by atoms with van der Waals surface area (Å²) in [6, 6.07) is 12.0. The predicted molar refractivity (Wildman–Crippen MR) is 128 cm³/mol. The molecule has 31 heavy (non-hydrogen) atoms. The Morgan fingerprint density at radius 1 is 1.00 bits per heavy atom. The van der Waals surface area contributed by atoms with Crippen molar-refractivity contribution in [2.24, 2.45) is 0 Å². The van der Waals surface area contributed by atoms with Gasteiger partial charge in [0.15, 0.2) is 10.2 Å². The number of thiazole rings is 1. The fourth-order valence-corrected chi connectivity index (χ4v) is 4.93. The zero-order valence-corrected chi connectivity index (χ0v) is 19.0. The summed E-state index contributed by atoms with van der Waals surface area (Å²) in [5.74, 6) is 0.0105. The molecular formula is C20H18N6O2S3. The molecule has 0 saturated carbocycles. The van der Waals surface area contributed by atoms with Gasteiger partial charge in [-0.3, -0.25) is 0 Å². The molecule has 0 bridgehead atoms. The van der Waals surface area contributed by atoms with Crippen molar-refractivity contribution in [3.63, 3.8) is 0 Å². The molecule has 158 valence electrons. The van der Waals surface area contributed by atoms with Crippen LogP contribution in [0.3, 0.4) is 0 Å². The van der Waals surface area contributed by atoms with Gasteiger partial charge in [-0.15, -0.1) is 0 Å². The van der Waals surface area contributed by atoms with Crippen molar-refractivity contribution in [1.82, 2.24) is 15.0 Å². The Bertz CT molecular complexity index is 1310. The first kappa shape index (κ1) is 21.1. The van der Waals surface area contributed by atoms with E-state index in [1.54, 1.807) is 18.2 Å². The third kappa shape index (κ3) is 4.95. The summed E-state index contributed by atoms with van der Waals surface area (Å²) in [5.41, 5.74) is 3.96. The molecule has 11 heteroatoms. The highest BCUT2D eigenvalue weighted by Crippen LogP contribution is 2.28. The maximum Gasteiger partial charge on any atom is 0.264 e. The van der Waals surface area contributed by atoms with Crippen LogP contribution in [0.25, 0.3) is 10.2 Å². The SMILES string of the molecule is Cc1cc2nc(NC(=S)Nc3ccc(S(=O)(=O)Nc4ncccn4)cc3)sc2cc1C. The monoisotopic (exact) mass is 470 g/mol. The minimum Gasteiger partial charge on any atom is -0.332 e. The first-order valence-corrected chi connectivity index (χ1v) is 11.9. The lowest BCUT2D eigenvalue weighted by Gasteiger charge is -2.10. The van der Waals surface area contributed by atoms with Crippen LogP contribution in [0.5, 0.6) is 0 Å². The first-order valence-electron chi connectivity index (χ1n) is 9.16. The van der Waals surface area contributed by atoms with Crippen molar-refractivity contribution in [2.75, 3.05) is 15.4 Å². The van der Waals surface area contributed by atoms with Crippen LogP contribution in [-0.4, -0.2) is 28.5 Å². The van der Waals surface area contributed by atoms with Gasteiger partial charge in [0.1, 0.15) is 0 Å². The van der Waals surface area contributed by atoms with E-state index < -0.39 is 10.0 Å². The van der Waals surface area contributed by atoms with Gasteiger partial charge < -0.3 is 10.6 Å². The van der Waals surface area contributed by atoms with Crippen LogP contribution < -0.4 is 15.4 Å². The average molecular weight is 471 g/mol. The fraction of sp³-hybridized carbons (Fsp3) is 0.100. The summed E-state index contributed by atoms with van der Waals surface area (Å²) < 4.78 is 28.3. The number of nitrogens with zero attached hydrogens (tertiary/aromatic N) is 3. The van der Waals surface area contributed by atoms with Gasteiger partial charge in [0.2, 0.25) is 5.95 Å². The second-order valence-corrected chi connectivity index (χ2v) is 9.83. The molecule has 2 heterocycles. The van der Waals surface area contributed by atoms with Crippen LogP contribution in [0.2, 0.25) is 0 Å². The summed E-state index contributed by atoms with van der Waals surface area (Å²) in [4.78, 5) is 12.4. The van der Waals surface area contributed by atoms with E-state index in [0.29, 0.717) is 15.9 Å². The molecule has 4 aromatic rings. The highest BCUT2D eigenvalue weighted by atomic mass is 32.2. The van der Waals surface area contributed by atoms with Gasteiger partial charge in [-0.1, -0.05) is 11.3 Å². The highest BCUT2D eigenvalue weighted by molar-refractivity contribution is 7.92. The smallest absolute Gasteiger partial charge is 0.264 e. The van der Waals surface area contributed by atoms with Gasteiger partial charge in [0, 0.05) is 18.1 Å². The number of aryl methyl sites for hydroxylation is 2. The van der Waals surface area contributed by atoms with Crippen molar-refractivity contribution in [3.05, 3.63) is 66.0 Å². The minimum atomic E-state index is -3.79. The van der Waals surface area contributed by atoms with Crippen molar-refractivity contribution >= 4 is 65.7 Å². The average Bonchev–Trinajstić information content (AvgIpc) is 3.09. The van der Waals surface area contributed by atoms with Gasteiger partial charge in [-0.05, 0) is 79.7 Å².